The summed E-state index contributed by atoms with van der Waals surface area (Å²) in [6.45, 7) is 2.75. The van der Waals surface area contributed by atoms with E-state index in [1.165, 1.54) is 0 Å². The molecule has 4 unspecified atom stereocenters. The topological polar surface area (TPSA) is 64.4 Å². The fraction of sp³-hybridized carbons (Fsp3) is 0.500. The maximum Gasteiger partial charge on any atom is 0.251 e. The Morgan fingerprint density at radius 2 is 2.32 bits per heavy atom. The smallest absolute Gasteiger partial charge is 0.251 e. The Labute approximate surface area is 120 Å². The highest BCUT2D eigenvalue weighted by Gasteiger charge is 2.52. The molecule has 102 valence electrons. The van der Waals surface area contributed by atoms with Gasteiger partial charge in [0, 0.05) is 28.6 Å². The van der Waals surface area contributed by atoms with E-state index >= 15 is 0 Å². The average molecular weight is 325 g/mol. The average Bonchev–Trinajstić information content (AvgIpc) is 2.83. The van der Waals surface area contributed by atoms with Crippen LogP contribution in [0.25, 0.3) is 0 Å². The van der Waals surface area contributed by atoms with E-state index in [0.717, 1.165) is 23.1 Å². The molecule has 4 atom stereocenters. The summed E-state index contributed by atoms with van der Waals surface area (Å²) in [6.07, 6.45) is 1.11. The monoisotopic (exact) mass is 324 g/mol. The molecular weight excluding hydrogens is 308 g/mol. The van der Waals surface area contributed by atoms with Gasteiger partial charge in [0.1, 0.15) is 0 Å². The largest absolute Gasteiger partial charge is 0.376 e. The van der Waals surface area contributed by atoms with Gasteiger partial charge in [0.2, 0.25) is 0 Å². The van der Waals surface area contributed by atoms with Crippen molar-refractivity contribution in [3.63, 3.8) is 0 Å². The summed E-state index contributed by atoms with van der Waals surface area (Å²) >= 11 is 3.44. The summed E-state index contributed by atoms with van der Waals surface area (Å²) in [6, 6.07) is 5.55. The first kappa shape index (κ1) is 13.1. The van der Waals surface area contributed by atoms with E-state index in [2.05, 4.69) is 21.2 Å². The second kappa shape index (κ2) is 4.89. The summed E-state index contributed by atoms with van der Waals surface area (Å²) in [5.74, 6) is 0.324. The summed E-state index contributed by atoms with van der Waals surface area (Å²) in [5.41, 5.74) is 7.84. The zero-order valence-electron chi connectivity index (χ0n) is 10.7. The van der Waals surface area contributed by atoms with Gasteiger partial charge >= 0.3 is 0 Å². The van der Waals surface area contributed by atoms with Crippen LogP contribution in [0.2, 0.25) is 0 Å². The van der Waals surface area contributed by atoms with E-state index < -0.39 is 0 Å². The number of carbonyl (C=O) groups excluding carboxylic acids is 1. The number of carbonyl (C=O) groups is 1. The van der Waals surface area contributed by atoms with Gasteiger partial charge in [-0.15, -0.1) is 0 Å². The molecule has 19 heavy (non-hydrogen) atoms. The van der Waals surface area contributed by atoms with Gasteiger partial charge in [0.15, 0.2) is 0 Å². The standard InChI is InChI=1S/C14H17BrN2O2/c1-7-2-3-8(6-10(7)15)14(18)17-12-11(16)9-4-5-19-13(9)12/h2-3,6,9,11-13H,4-5,16H2,1H3,(H,17,18). The Hall–Kier alpha value is -0.910. The van der Waals surface area contributed by atoms with Gasteiger partial charge in [0.25, 0.3) is 5.91 Å². The molecule has 1 saturated carbocycles. The molecule has 4 nitrogen and oxygen atoms in total. The van der Waals surface area contributed by atoms with Crippen molar-refractivity contribution >= 4 is 21.8 Å². The molecule has 1 amide bonds. The molecular formula is C14H17BrN2O2. The van der Waals surface area contributed by atoms with E-state index in [4.69, 9.17) is 10.5 Å². The Morgan fingerprint density at radius 1 is 1.53 bits per heavy atom. The molecule has 3 rings (SSSR count). The Morgan fingerprint density at radius 3 is 3.05 bits per heavy atom. The fourth-order valence-corrected chi connectivity index (χ4v) is 3.28. The zero-order valence-corrected chi connectivity index (χ0v) is 12.3. The van der Waals surface area contributed by atoms with Crippen LogP contribution in [0, 0.1) is 12.8 Å². The van der Waals surface area contributed by atoms with E-state index in [1.54, 1.807) is 0 Å². The quantitative estimate of drug-likeness (QED) is 0.868. The summed E-state index contributed by atoms with van der Waals surface area (Å²) < 4.78 is 6.55. The van der Waals surface area contributed by atoms with Crippen LogP contribution in [0.15, 0.2) is 22.7 Å². The van der Waals surface area contributed by atoms with Gasteiger partial charge in [-0.05, 0) is 31.0 Å². The lowest BCUT2D eigenvalue weighted by atomic mass is 9.72. The molecule has 0 spiro atoms. The van der Waals surface area contributed by atoms with Crippen LogP contribution in [-0.4, -0.2) is 30.7 Å². The second-order valence-electron chi connectivity index (χ2n) is 5.33. The van der Waals surface area contributed by atoms with E-state index in [-0.39, 0.29) is 24.1 Å². The first-order chi connectivity index (χ1) is 9.08. The van der Waals surface area contributed by atoms with Gasteiger partial charge in [-0.2, -0.15) is 0 Å². The zero-order chi connectivity index (χ0) is 13.6. The number of halogens is 1. The fourth-order valence-electron chi connectivity index (χ4n) is 2.90. The van der Waals surface area contributed by atoms with Crippen LogP contribution in [0.1, 0.15) is 22.3 Å². The molecule has 0 radical (unpaired) electrons. The van der Waals surface area contributed by atoms with Crippen molar-refractivity contribution in [2.24, 2.45) is 11.7 Å². The van der Waals surface area contributed by atoms with Crippen molar-refractivity contribution in [3.05, 3.63) is 33.8 Å². The maximum atomic E-state index is 12.2. The molecule has 2 fully saturated rings. The van der Waals surface area contributed by atoms with Gasteiger partial charge in [-0.25, -0.2) is 0 Å². The minimum atomic E-state index is -0.0879. The highest BCUT2D eigenvalue weighted by molar-refractivity contribution is 9.10. The number of fused-ring (bicyclic) bond motifs is 1. The van der Waals surface area contributed by atoms with Gasteiger partial charge in [0.05, 0.1) is 12.1 Å². The molecule has 1 aromatic rings. The van der Waals surface area contributed by atoms with Crippen molar-refractivity contribution < 1.29 is 9.53 Å². The molecule has 1 saturated heterocycles. The van der Waals surface area contributed by atoms with Crippen molar-refractivity contribution in [3.8, 4) is 0 Å². The molecule has 1 heterocycles. The van der Waals surface area contributed by atoms with Crippen molar-refractivity contribution in [2.75, 3.05) is 6.61 Å². The number of hydrogen-bond donors (Lipinski definition) is 2. The van der Waals surface area contributed by atoms with E-state index in [9.17, 15) is 4.79 Å². The summed E-state index contributed by atoms with van der Waals surface area (Å²) in [4.78, 5) is 12.2. The predicted octanol–water partition coefficient (Wildman–Crippen LogP) is 1.60. The first-order valence-electron chi connectivity index (χ1n) is 6.52. The van der Waals surface area contributed by atoms with Crippen LogP contribution in [0.4, 0.5) is 0 Å². The number of nitrogens with two attached hydrogens (primary N) is 1. The molecule has 3 N–H and O–H groups in total. The number of amides is 1. The second-order valence-corrected chi connectivity index (χ2v) is 6.18. The third-order valence-electron chi connectivity index (χ3n) is 4.18. The van der Waals surface area contributed by atoms with Crippen LogP contribution in [0.3, 0.4) is 0 Å². The molecule has 1 aromatic carbocycles. The van der Waals surface area contributed by atoms with Crippen LogP contribution < -0.4 is 11.1 Å². The van der Waals surface area contributed by atoms with Crippen LogP contribution in [-0.2, 0) is 4.74 Å². The van der Waals surface area contributed by atoms with Gasteiger partial charge < -0.3 is 15.8 Å². The maximum absolute atomic E-state index is 12.2. The SMILES string of the molecule is Cc1ccc(C(=O)NC2C(N)C3CCOC32)cc1Br. The van der Waals surface area contributed by atoms with Gasteiger partial charge in [-0.3, -0.25) is 4.79 Å². The highest BCUT2D eigenvalue weighted by atomic mass is 79.9. The number of rotatable bonds is 2. The number of benzene rings is 1. The van der Waals surface area contributed by atoms with Crippen LogP contribution >= 0.6 is 15.9 Å². The number of nitrogens with one attached hydrogen (secondary N) is 1. The first-order valence-corrected chi connectivity index (χ1v) is 7.31. The third-order valence-corrected chi connectivity index (χ3v) is 5.03. The molecule has 0 bridgehead atoms. The van der Waals surface area contributed by atoms with E-state index in [0.29, 0.717) is 11.5 Å². The molecule has 1 aliphatic heterocycles. The predicted molar refractivity (Wildman–Crippen MR) is 76.0 cm³/mol. The summed E-state index contributed by atoms with van der Waals surface area (Å²) in [5, 5.41) is 2.99. The Bertz CT molecular complexity index is 520. The van der Waals surface area contributed by atoms with E-state index in [1.807, 2.05) is 25.1 Å². The molecule has 5 heteroatoms. The van der Waals surface area contributed by atoms with Crippen molar-refractivity contribution in [1.82, 2.24) is 5.32 Å². The minimum absolute atomic E-state index is 0.0188. The summed E-state index contributed by atoms with van der Waals surface area (Å²) in [7, 11) is 0. The lowest BCUT2D eigenvalue weighted by Gasteiger charge is -2.45. The molecule has 0 aromatic heterocycles. The number of ether oxygens (including phenoxy) is 1. The number of hydrogen-bond acceptors (Lipinski definition) is 3. The molecule has 2 aliphatic rings. The van der Waals surface area contributed by atoms with Crippen LogP contribution in [0.5, 0.6) is 0 Å². The Kier molecular flexibility index (Phi) is 3.37. The minimum Gasteiger partial charge on any atom is -0.376 e. The third kappa shape index (κ3) is 2.20. The highest BCUT2D eigenvalue weighted by Crippen LogP contribution is 2.37. The van der Waals surface area contributed by atoms with Crippen molar-refractivity contribution in [1.29, 1.82) is 0 Å². The van der Waals surface area contributed by atoms with Crippen molar-refractivity contribution in [2.45, 2.75) is 31.5 Å². The Balaban J connectivity index is 1.70. The normalized spacial score (nSPS) is 32.6. The number of aryl methyl sites for hydroxylation is 1. The van der Waals surface area contributed by atoms with Gasteiger partial charge in [-0.1, -0.05) is 22.0 Å². The lowest BCUT2D eigenvalue weighted by Crippen LogP contribution is -2.68. The molecule has 1 aliphatic carbocycles. The lowest BCUT2D eigenvalue weighted by molar-refractivity contribution is -0.0161.